The molecule has 1 amide bonds. The third-order valence-corrected chi connectivity index (χ3v) is 6.46. The number of nitrogen functional groups attached to an aromatic ring is 1. The summed E-state index contributed by atoms with van der Waals surface area (Å²) in [6, 6.07) is 11.8. The predicted octanol–water partition coefficient (Wildman–Crippen LogP) is 1.62. The SMILES string of the molecule is CN(CCCN(C)c1ccc(-c2ccnc(N)n2)cn1)C(=O)CN1CCN(Cc2ccccn2)CC1. The van der Waals surface area contributed by atoms with Gasteiger partial charge in [-0.1, -0.05) is 6.07 Å². The van der Waals surface area contributed by atoms with Gasteiger partial charge in [-0.05, 0) is 36.8 Å². The monoisotopic (exact) mass is 489 g/mol. The molecule has 0 atom stereocenters. The van der Waals surface area contributed by atoms with Crippen LogP contribution in [0.4, 0.5) is 11.8 Å². The molecule has 2 N–H and O–H groups in total. The number of carbonyl (C=O) groups is 1. The van der Waals surface area contributed by atoms with Crippen LogP contribution in [0.15, 0.2) is 55.0 Å². The lowest BCUT2D eigenvalue weighted by molar-refractivity contribution is -0.131. The maximum Gasteiger partial charge on any atom is 0.236 e. The normalized spacial score (nSPS) is 14.5. The molecule has 10 nitrogen and oxygen atoms in total. The van der Waals surface area contributed by atoms with Gasteiger partial charge < -0.3 is 15.5 Å². The molecule has 0 bridgehead atoms. The summed E-state index contributed by atoms with van der Waals surface area (Å²) in [4.78, 5) is 38.4. The lowest BCUT2D eigenvalue weighted by Crippen LogP contribution is -2.49. The van der Waals surface area contributed by atoms with Gasteiger partial charge in [-0.3, -0.25) is 19.6 Å². The first-order valence-electron chi connectivity index (χ1n) is 12.3. The zero-order chi connectivity index (χ0) is 25.3. The number of nitrogens with two attached hydrogens (primary N) is 1. The van der Waals surface area contributed by atoms with Crippen molar-refractivity contribution in [3.8, 4) is 11.3 Å². The van der Waals surface area contributed by atoms with E-state index in [1.165, 1.54) is 0 Å². The van der Waals surface area contributed by atoms with Gasteiger partial charge >= 0.3 is 0 Å². The second-order valence-electron chi connectivity index (χ2n) is 9.17. The van der Waals surface area contributed by atoms with Crippen molar-refractivity contribution >= 4 is 17.7 Å². The number of anilines is 2. The third kappa shape index (κ3) is 7.19. The molecule has 190 valence electrons. The minimum Gasteiger partial charge on any atom is -0.368 e. The Morgan fingerprint density at radius 2 is 1.75 bits per heavy atom. The molecule has 1 fully saturated rings. The molecule has 36 heavy (non-hydrogen) atoms. The molecule has 3 aromatic heterocycles. The molecule has 0 radical (unpaired) electrons. The number of hydrogen-bond donors (Lipinski definition) is 1. The van der Waals surface area contributed by atoms with E-state index >= 15 is 0 Å². The fourth-order valence-corrected chi connectivity index (χ4v) is 4.22. The van der Waals surface area contributed by atoms with Crippen molar-refractivity contribution in [1.29, 1.82) is 0 Å². The second kappa shape index (κ2) is 12.4. The fourth-order valence-electron chi connectivity index (χ4n) is 4.22. The van der Waals surface area contributed by atoms with Gasteiger partial charge in [-0.25, -0.2) is 15.0 Å². The summed E-state index contributed by atoms with van der Waals surface area (Å²) in [5.74, 6) is 1.29. The van der Waals surface area contributed by atoms with E-state index in [1.807, 2.05) is 55.5 Å². The number of carbonyl (C=O) groups excluding carboxylic acids is 1. The topological polar surface area (TPSA) is 108 Å². The summed E-state index contributed by atoms with van der Waals surface area (Å²) >= 11 is 0. The Balaban J connectivity index is 1.15. The summed E-state index contributed by atoms with van der Waals surface area (Å²) in [5, 5.41) is 0. The number of amides is 1. The molecular weight excluding hydrogens is 454 g/mol. The van der Waals surface area contributed by atoms with Gasteiger partial charge in [0, 0.05) is 84.1 Å². The van der Waals surface area contributed by atoms with E-state index < -0.39 is 0 Å². The summed E-state index contributed by atoms with van der Waals surface area (Å²) in [6.07, 6.45) is 6.13. The summed E-state index contributed by atoms with van der Waals surface area (Å²) in [7, 11) is 3.90. The molecule has 1 aliphatic rings. The molecule has 0 aliphatic carbocycles. The Morgan fingerprint density at radius 1 is 0.944 bits per heavy atom. The Labute approximate surface area is 212 Å². The number of rotatable bonds is 10. The fraction of sp³-hybridized carbons (Fsp3) is 0.423. The number of likely N-dealkylation sites (N-methyl/N-ethyl adjacent to an activating group) is 1. The van der Waals surface area contributed by atoms with Crippen LogP contribution in [0, 0.1) is 0 Å². The molecule has 0 unspecified atom stereocenters. The highest BCUT2D eigenvalue weighted by Crippen LogP contribution is 2.19. The molecule has 0 aromatic carbocycles. The average molecular weight is 490 g/mol. The number of hydrogen-bond acceptors (Lipinski definition) is 9. The first-order chi connectivity index (χ1) is 17.5. The van der Waals surface area contributed by atoms with Crippen LogP contribution in [-0.4, -0.2) is 100 Å². The van der Waals surface area contributed by atoms with E-state index in [9.17, 15) is 4.79 Å². The van der Waals surface area contributed by atoms with E-state index in [0.29, 0.717) is 13.1 Å². The smallest absolute Gasteiger partial charge is 0.236 e. The van der Waals surface area contributed by atoms with Gasteiger partial charge in [0.1, 0.15) is 5.82 Å². The maximum atomic E-state index is 12.7. The quantitative estimate of drug-likeness (QED) is 0.454. The summed E-state index contributed by atoms with van der Waals surface area (Å²) < 4.78 is 0. The number of piperazine rings is 1. The molecule has 0 spiro atoms. The van der Waals surface area contributed by atoms with Crippen LogP contribution in [0.25, 0.3) is 11.3 Å². The van der Waals surface area contributed by atoms with Gasteiger partial charge in [0.15, 0.2) is 0 Å². The van der Waals surface area contributed by atoms with Crippen molar-refractivity contribution in [3.63, 3.8) is 0 Å². The first kappa shape index (κ1) is 25.5. The lowest BCUT2D eigenvalue weighted by Gasteiger charge is -2.34. The van der Waals surface area contributed by atoms with E-state index in [-0.39, 0.29) is 11.9 Å². The molecule has 4 rings (SSSR count). The van der Waals surface area contributed by atoms with Crippen molar-refractivity contribution in [2.45, 2.75) is 13.0 Å². The van der Waals surface area contributed by atoms with Crippen LogP contribution in [0.2, 0.25) is 0 Å². The first-order valence-corrected chi connectivity index (χ1v) is 12.3. The minimum atomic E-state index is 0.169. The Bertz CT molecular complexity index is 1100. The van der Waals surface area contributed by atoms with Gasteiger partial charge in [-0.2, -0.15) is 0 Å². The Morgan fingerprint density at radius 3 is 2.44 bits per heavy atom. The molecular formula is C26H35N9O. The number of nitrogens with zero attached hydrogens (tertiary/aromatic N) is 8. The predicted molar refractivity (Wildman–Crippen MR) is 141 cm³/mol. The van der Waals surface area contributed by atoms with Crippen LogP contribution >= 0.6 is 0 Å². The Kier molecular flexibility index (Phi) is 8.75. The van der Waals surface area contributed by atoms with Crippen molar-refractivity contribution in [2.75, 3.05) is 70.5 Å². The summed E-state index contributed by atoms with van der Waals surface area (Å²) in [6.45, 7) is 6.56. The highest BCUT2D eigenvalue weighted by molar-refractivity contribution is 5.78. The average Bonchev–Trinajstić information content (AvgIpc) is 2.90. The van der Waals surface area contributed by atoms with Crippen LogP contribution in [0.3, 0.4) is 0 Å². The number of pyridine rings is 2. The molecule has 10 heteroatoms. The second-order valence-corrected chi connectivity index (χ2v) is 9.17. The zero-order valence-electron chi connectivity index (χ0n) is 21.1. The highest BCUT2D eigenvalue weighted by Gasteiger charge is 2.20. The van der Waals surface area contributed by atoms with E-state index in [2.05, 4.69) is 40.7 Å². The van der Waals surface area contributed by atoms with Crippen LogP contribution in [0.5, 0.6) is 0 Å². The summed E-state index contributed by atoms with van der Waals surface area (Å²) in [5.41, 5.74) is 8.41. The largest absolute Gasteiger partial charge is 0.368 e. The molecule has 0 saturated carbocycles. The molecule has 1 saturated heterocycles. The highest BCUT2D eigenvalue weighted by atomic mass is 16.2. The van der Waals surface area contributed by atoms with Gasteiger partial charge in [0.2, 0.25) is 11.9 Å². The van der Waals surface area contributed by atoms with Gasteiger partial charge in [0.05, 0.1) is 17.9 Å². The third-order valence-electron chi connectivity index (χ3n) is 6.46. The molecule has 3 aromatic rings. The minimum absolute atomic E-state index is 0.169. The molecule has 1 aliphatic heterocycles. The van der Waals surface area contributed by atoms with Crippen molar-refractivity contribution < 1.29 is 4.79 Å². The van der Waals surface area contributed by atoms with Crippen LogP contribution in [0.1, 0.15) is 12.1 Å². The van der Waals surface area contributed by atoms with Crippen LogP contribution in [-0.2, 0) is 11.3 Å². The standard InChI is InChI=1S/C26H35N9O/c1-32(24-8-7-21(18-30-24)23-9-11-29-26(27)31-23)12-5-13-33(2)25(36)20-35-16-14-34(15-17-35)19-22-6-3-4-10-28-22/h3-4,6-11,18H,5,12-17,19-20H2,1-2H3,(H2,27,29,31). The molecule has 4 heterocycles. The van der Waals surface area contributed by atoms with Crippen molar-refractivity contribution in [3.05, 3.63) is 60.7 Å². The van der Waals surface area contributed by atoms with Crippen molar-refractivity contribution in [1.82, 2.24) is 34.6 Å². The van der Waals surface area contributed by atoms with Crippen LogP contribution < -0.4 is 10.6 Å². The van der Waals surface area contributed by atoms with E-state index in [4.69, 9.17) is 5.73 Å². The van der Waals surface area contributed by atoms with E-state index in [1.54, 1.807) is 12.4 Å². The van der Waals surface area contributed by atoms with E-state index in [0.717, 1.165) is 68.5 Å². The lowest BCUT2D eigenvalue weighted by atomic mass is 10.2. The van der Waals surface area contributed by atoms with Gasteiger partial charge in [0.25, 0.3) is 0 Å². The van der Waals surface area contributed by atoms with Gasteiger partial charge in [-0.15, -0.1) is 0 Å². The maximum absolute atomic E-state index is 12.7. The number of aromatic nitrogens is 4. The zero-order valence-corrected chi connectivity index (χ0v) is 21.1. The Hall–Kier alpha value is -3.63. The van der Waals surface area contributed by atoms with Crippen molar-refractivity contribution in [2.24, 2.45) is 0 Å².